The van der Waals surface area contributed by atoms with Gasteiger partial charge in [-0.3, -0.25) is 9.13 Å². The molecule has 7 nitrogen and oxygen atoms in total. The highest BCUT2D eigenvalue weighted by atomic mass is 32.2. The predicted octanol–water partition coefficient (Wildman–Crippen LogP) is 1.36. The van der Waals surface area contributed by atoms with Gasteiger partial charge in [0, 0.05) is 20.6 Å². The van der Waals surface area contributed by atoms with Crippen LogP contribution in [-0.4, -0.2) is 24.7 Å². The molecule has 1 N–H and O–H groups in total. The van der Waals surface area contributed by atoms with E-state index in [1.807, 2.05) is 0 Å². The van der Waals surface area contributed by atoms with E-state index in [4.69, 9.17) is 4.74 Å². The maximum absolute atomic E-state index is 12.5. The Labute approximate surface area is 145 Å². The molecule has 1 heterocycles. The number of sulfonamides is 1. The van der Waals surface area contributed by atoms with Crippen LogP contribution in [0.2, 0.25) is 0 Å². The number of rotatable bonds is 5. The first-order valence-electron chi connectivity index (χ1n) is 7.61. The minimum atomic E-state index is -3.69. The van der Waals surface area contributed by atoms with Gasteiger partial charge in [-0.2, -0.15) is 0 Å². The number of aryl methyl sites for hydroxylation is 2. The van der Waals surface area contributed by atoms with E-state index in [9.17, 15) is 13.2 Å². The third-order valence-electron chi connectivity index (χ3n) is 4.18. The van der Waals surface area contributed by atoms with Crippen LogP contribution in [0.1, 0.15) is 5.56 Å². The zero-order valence-electron chi connectivity index (χ0n) is 14.2. The van der Waals surface area contributed by atoms with Gasteiger partial charge in [-0.15, -0.1) is 0 Å². The molecule has 0 unspecified atom stereocenters. The molecule has 0 fully saturated rings. The highest BCUT2D eigenvalue weighted by Gasteiger charge is 2.17. The molecule has 3 rings (SSSR count). The fraction of sp³-hybridized carbons (Fsp3) is 0.235. The summed E-state index contributed by atoms with van der Waals surface area (Å²) in [5.41, 5.74) is 1.87. The van der Waals surface area contributed by atoms with Crippen molar-refractivity contribution in [2.45, 2.75) is 11.4 Å². The van der Waals surface area contributed by atoms with Crippen LogP contribution in [0.4, 0.5) is 0 Å². The molecule has 1 aromatic heterocycles. The fourth-order valence-corrected chi connectivity index (χ4v) is 3.70. The number of hydrogen-bond donors (Lipinski definition) is 1. The van der Waals surface area contributed by atoms with Gasteiger partial charge in [0.25, 0.3) is 0 Å². The third-order valence-corrected chi connectivity index (χ3v) is 5.58. The fourth-order valence-electron chi connectivity index (χ4n) is 2.66. The normalized spacial score (nSPS) is 11.8. The topological polar surface area (TPSA) is 82.3 Å². The quantitative estimate of drug-likeness (QED) is 0.744. The third kappa shape index (κ3) is 3.18. The molecule has 2 aromatic carbocycles. The van der Waals surface area contributed by atoms with Crippen LogP contribution in [0.25, 0.3) is 11.0 Å². The van der Waals surface area contributed by atoms with Crippen LogP contribution in [-0.2, 0) is 30.7 Å². The van der Waals surface area contributed by atoms with Gasteiger partial charge in [0.05, 0.1) is 23.0 Å². The van der Waals surface area contributed by atoms with Gasteiger partial charge in [-0.05, 0) is 35.9 Å². The minimum absolute atomic E-state index is 0.120. The molecule has 0 radical (unpaired) electrons. The molecule has 0 aliphatic rings. The van der Waals surface area contributed by atoms with E-state index in [2.05, 4.69) is 4.72 Å². The van der Waals surface area contributed by atoms with E-state index in [-0.39, 0.29) is 17.1 Å². The van der Waals surface area contributed by atoms with Gasteiger partial charge < -0.3 is 4.74 Å². The Morgan fingerprint density at radius 1 is 1.00 bits per heavy atom. The smallest absolute Gasteiger partial charge is 0.328 e. The summed E-state index contributed by atoms with van der Waals surface area (Å²) >= 11 is 0. The Morgan fingerprint density at radius 2 is 1.64 bits per heavy atom. The summed E-state index contributed by atoms with van der Waals surface area (Å²) in [6.45, 7) is 0.165. The minimum Gasteiger partial charge on any atom is -0.497 e. The standard InChI is InChI=1S/C17H19N3O4S/c1-19-15-9-8-14(10-16(15)20(2)17(19)21)25(22,23)18-11-12-4-6-13(24-3)7-5-12/h4-10,18H,11H2,1-3H3. The van der Waals surface area contributed by atoms with E-state index >= 15 is 0 Å². The molecule has 3 aromatic rings. The van der Waals surface area contributed by atoms with Crippen molar-refractivity contribution in [3.05, 3.63) is 58.5 Å². The van der Waals surface area contributed by atoms with Crippen molar-refractivity contribution < 1.29 is 13.2 Å². The average molecular weight is 361 g/mol. The summed E-state index contributed by atoms with van der Waals surface area (Å²) in [6, 6.07) is 11.8. The summed E-state index contributed by atoms with van der Waals surface area (Å²) in [5, 5.41) is 0. The Kier molecular flexibility index (Phi) is 4.40. The van der Waals surface area contributed by atoms with E-state index in [1.165, 1.54) is 21.3 Å². The van der Waals surface area contributed by atoms with Gasteiger partial charge in [0.15, 0.2) is 0 Å². The van der Waals surface area contributed by atoms with E-state index in [0.717, 1.165) is 5.56 Å². The maximum atomic E-state index is 12.5. The molecule has 8 heteroatoms. The van der Waals surface area contributed by atoms with Gasteiger partial charge in [0.1, 0.15) is 5.75 Å². The molecular weight excluding hydrogens is 342 g/mol. The molecule has 0 saturated carbocycles. The summed E-state index contributed by atoms with van der Waals surface area (Å²) in [5.74, 6) is 0.710. The lowest BCUT2D eigenvalue weighted by molar-refractivity contribution is 0.414. The highest BCUT2D eigenvalue weighted by molar-refractivity contribution is 7.89. The number of methoxy groups -OCH3 is 1. The molecule has 0 bridgehead atoms. The molecule has 0 amide bonds. The van der Waals surface area contributed by atoms with Crippen molar-refractivity contribution in [3.8, 4) is 5.75 Å². The lowest BCUT2D eigenvalue weighted by atomic mass is 10.2. The van der Waals surface area contributed by atoms with E-state index in [1.54, 1.807) is 51.5 Å². The van der Waals surface area contributed by atoms with Crippen molar-refractivity contribution in [2.75, 3.05) is 7.11 Å². The van der Waals surface area contributed by atoms with Gasteiger partial charge >= 0.3 is 5.69 Å². The molecule has 0 spiro atoms. The molecule has 0 atom stereocenters. The summed E-state index contributed by atoms with van der Waals surface area (Å²) < 4.78 is 35.7. The molecular formula is C17H19N3O4S. The number of imidazole rings is 1. The van der Waals surface area contributed by atoms with E-state index < -0.39 is 10.0 Å². The van der Waals surface area contributed by atoms with Crippen molar-refractivity contribution in [3.63, 3.8) is 0 Å². The Hall–Kier alpha value is -2.58. The van der Waals surface area contributed by atoms with Crippen LogP contribution in [0, 0.1) is 0 Å². The van der Waals surface area contributed by atoms with Gasteiger partial charge in [-0.1, -0.05) is 12.1 Å². The number of nitrogens with zero attached hydrogens (tertiary/aromatic N) is 2. The SMILES string of the molecule is COc1ccc(CNS(=O)(=O)c2ccc3c(c2)n(C)c(=O)n3C)cc1. The monoisotopic (exact) mass is 361 g/mol. The van der Waals surface area contributed by atoms with Crippen LogP contribution >= 0.6 is 0 Å². The average Bonchev–Trinajstić information content (AvgIpc) is 2.84. The lowest BCUT2D eigenvalue weighted by Crippen LogP contribution is -2.23. The Morgan fingerprint density at radius 3 is 2.28 bits per heavy atom. The molecule has 0 aliphatic carbocycles. The largest absolute Gasteiger partial charge is 0.497 e. The highest BCUT2D eigenvalue weighted by Crippen LogP contribution is 2.18. The predicted molar refractivity (Wildman–Crippen MR) is 95.2 cm³/mol. The van der Waals surface area contributed by atoms with Crippen molar-refractivity contribution in [1.82, 2.24) is 13.9 Å². The Bertz CT molecular complexity index is 1080. The van der Waals surface area contributed by atoms with Crippen molar-refractivity contribution in [1.29, 1.82) is 0 Å². The number of nitrogens with one attached hydrogen (secondary N) is 1. The number of fused-ring (bicyclic) bond motifs is 1. The molecule has 132 valence electrons. The van der Waals surface area contributed by atoms with Crippen molar-refractivity contribution in [2.24, 2.45) is 14.1 Å². The number of ether oxygens (including phenoxy) is 1. The zero-order chi connectivity index (χ0) is 18.2. The molecule has 0 aliphatic heterocycles. The molecule has 0 saturated heterocycles. The first kappa shape index (κ1) is 17.2. The lowest BCUT2D eigenvalue weighted by Gasteiger charge is -2.08. The van der Waals surface area contributed by atoms with Crippen LogP contribution in [0.15, 0.2) is 52.2 Å². The second kappa shape index (κ2) is 6.38. The van der Waals surface area contributed by atoms with Crippen LogP contribution < -0.4 is 15.1 Å². The number of aromatic nitrogens is 2. The van der Waals surface area contributed by atoms with Gasteiger partial charge in [0.2, 0.25) is 10.0 Å². The first-order valence-corrected chi connectivity index (χ1v) is 9.10. The summed E-state index contributed by atoms with van der Waals surface area (Å²) in [6.07, 6.45) is 0. The first-order chi connectivity index (χ1) is 11.8. The zero-order valence-corrected chi connectivity index (χ0v) is 15.0. The Balaban J connectivity index is 1.87. The summed E-state index contributed by atoms with van der Waals surface area (Å²) in [7, 11) is 1.15. The summed E-state index contributed by atoms with van der Waals surface area (Å²) in [4.78, 5) is 12.1. The van der Waals surface area contributed by atoms with Crippen LogP contribution in [0.5, 0.6) is 5.75 Å². The number of hydrogen-bond acceptors (Lipinski definition) is 4. The molecule has 25 heavy (non-hydrogen) atoms. The van der Waals surface area contributed by atoms with Crippen LogP contribution in [0.3, 0.4) is 0 Å². The number of benzene rings is 2. The van der Waals surface area contributed by atoms with Crippen molar-refractivity contribution >= 4 is 21.1 Å². The second-order valence-electron chi connectivity index (χ2n) is 5.72. The van der Waals surface area contributed by atoms with Gasteiger partial charge in [-0.25, -0.2) is 17.9 Å². The van der Waals surface area contributed by atoms with E-state index in [0.29, 0.717) is 16.8 Å². The maximum Gasteiger partial charge on any atom is 0.328 e. The second-order valence-corrected chi connectivity index (χ2v) is 7.49.